The minimum absolute atomic E-state index is 0.0382. The molecule has 0 bridgehead atoms. The minimum Gasteiger partial charge on any atom is -0.341 e. The maximum Gasteiger partial charge on any atom is 0.209 e. The molecule has 0 unspecified atom stereocenters. The summed E-state index contributed by atoms with van der Waals surface area (Å²) < 4.78 is 1.98. The third-order valence-electron chi connectivity index (χ3n) is 4.66. The molecular formula is C26H25NO. The molecule has 0 amide bonds. The molecule has 1 aromatic heterocycles. The highest BCUT2D eigenvalue weighted by Gasteiger charge is 2.13. The number of aromatic nitrogens is 1. The number of hydrogen-bond donors (Lipinski definition) is 0. The summed E-state index contributed by atoms with van der Waals surface area (Å²) in [4.78, 5) is 13.0. The van der Waals surface area contributed by atoms with Crippen molar-refractivity contribution in [3.05, 3.63) is 119 Å². The van der Waals surface area contributed by atoms with Gasteiger partial charge in [0.2, 0.25) is 5.78 Å². The average molecular weight is 367 g/mol. The molecule has 0 aliphatic carbocycles. The lowest BCUT2D eigenvalue weighted by Crippen LogP contribution is -2.09. The maximum absolute atomic E-state index is 13.0. The van der Waals surface area contributed by atoms with Crippen molar-refractivity contribution in [2.24, 2.45) is 0 Å². The Morgan fingerprint density at radius 1 is 1.04 bits per heavy atom. The van der Waals surface area contributed by atoms with Gasteiger partial charge in [-0.2, -0.15) is 0 Å². The molecule has 0 saturated heterocycles. The zero-order valence-electron chi connectivity index (χ0n) is 16.4. The molecule has 0 radical (unpaired) electrons. The smallest absolute Gasteiger partial charge is 0.209 e. The van der Waals surface area contributed by atoms with Crippen molar-refractivity contribution in [1.29, 1.82) is 0 Å². The fraction of sp³-hybridized carbons (Fsp3) is 0.115. The first-order valence-corrected chi connectivity index (χ1v) is 9.41. The van der Waals surface area contributed by atoms with Gasteiger partial charge < -0.3 is 4.57 Å². The van der Waals surface area contributed by atoms with E-state index in [1.165, 1.54) is 11.1 Å². The molecule has 0 aliphatic heterocycles. The zero-order valence-corrected chi connectivity index (χ0v) is 16.4. The Bertz CT molecular complexity index is 1050. The van der Waals surface area contributed by atoms with Crippen molar-refractivity contribution in [3.8, 4) is 0 Å². The van der Waals surface area contributed by atoms with Gasteiger partial charge in [0.25, 0.3) is 0 Å². The van der Waals surface area contributed by atoms with Gasteiger partial charge in [0.05, 0.1) is 5.69 Å². The van der Waals surface area contributed by atoms with E-state index < -0.39 is 0 Å². The molecule has 28 heavy (non-hydrogen) atoms. The van der Waals surface area contributed by atoms with Gasteiger partial charge in [-0.1, -0.05) is 78.9 Å². The molecule has 2 aromatic carbocycles. The number of rotatable bonds is 7. The molecule has 0 atom stereocenters. The Morgan fingerprint density at radius 2 is 1.89 bits per heavy atom. The third kappa shape index (κ3) is 4.66. The van der Waals surface area contributed by atoms with Gasteiger partial charge >= 0.3 is 0 Å². The van der Waals surface area contributed by atoms with Crippen LogP contribution in [0.15, 0.2) is 85.6 Å². The molecule has 0 saturated carbocycles. The van der Waals surface area contributed by atoms with Crippen LogP contribution in [-0.2, 0) is 6.54 Å². The first kappa shape index (κ1) is 19.4. The number of nitrogens with zero attached hydrogens (tertiary/aromatic N) is 1. The summed E-state index contributed by atoms with van der Waals surface area (Å²) in [6.07, 6.45) is 11.8. The second-order valence-corrected chi connectivity index (χ2v) is 6.86. The average Bonchev–Trinajstić information content (AvgIpc) is 3.15. The fourth-order valence-corrected chi connectivity index (χ4v) is 3.18. The molecular weight excluding hydrogens is 342 g/mol. The van der Waals surface area contributed by atoms with Crippen LogP contribution in [0.5, 0.6) is 0 Å². The highest BCUT2D eigenvalue weighted by Crippen LogP contribution is 2.17. The summed E-state index contributed by atoms with van der Waals surface area (Å²) in [7, 11) is 0. The van der Waals surface area contributed by atoms with Crippen LogP contribution < -0.4 is 0 Å². The zero-order chi connectivity index (χ0) is 19.9. The lowest BCUT2D eigenvalue weighted by Gasteiger charge is -2.08. The number of carbonyl (C=O) groups excluding carboxylic acids is 1. The molecule has 0 aliphatic rings. The molecule has 3 rings (SSSR count). The second-order valence-electron chi connectivity index (χ2n) is 6.86. The lowest BCUT2D eigenvalue weighted by molar-refractivity contribution is 0.103. The Kier molecular flexibility index (Phi) is 6.23. The fourth-order valence-electron chi connectivity index (χ4n) is 3.18. The standard InChI is InChI=1S/C26H25NO/c1-4-5-12-23-14-15-24(19-21(23)3)26(28)25-13-8-17-27(25)16-7-11-22-10-6-9-20(2)18-22/h4-15,17-19H,1,16H2,2-3H3/b11-7+,12-5-. The van der Waals surface area contributed by atoms with E-state index in [0.717, 1.165) is 11.1 Å². The highest BCUT2D eigenvalue weighted by molar-refractivity contribution is 6.08. The topological polar surface area (TPSA) is 22.0 Å². The largest absolute Gasteiger partial charge is 0.341 e. The SMILES string of the molecule is C=C/C=C\c1ccc(C(=O)c2cccn2C/C=C/c2cccc(C)c2)cc1C. The molecule has 1 heterocycles. The van der Waals surface area contributed by atoms with Crippen LogP contribution in [0, 0.1) is 13.8 Å². The third-order valence-corrected chi connectivity index (χ3v) is 4.66. The predicted molar refractivity (Wildman–Crippen MR) is 118 cm³/mol. The minimum atomic E-state index is 0.0382. The monoisotopic (exact) mass is 367 g/mol. The van der Waals surface area contributed by atoms with Crippen molar-refractivity contribution in [3.63, 3.8) is 0 Å². The molecule has 2 heteroatoms. The molecule has 2 nitrogen and oxygen atoms in total. The Morgan fingerprint density at radius 3 is 2.64 bits per heavy atom. The van der Waals surface area contributed by atoms with Crippen molar-refractivity contribution < 1.29 is 4.79 Å². The Balaban J connectivity index is 1.77. The van der Waals surface area contributed by atoms with Crippen LogP contribution in [0.25, 0.3) is 12.2 Å². The Hall–Kier alpha value is -3.39. The van der Waals surface area contributed by atoms with Crippen LogP contribution >= 0.6 is 0 Å². The molecule has 140 valence electrons. The predicted octanol–water partition coefficient (Wildman–Crippen LogP) is 6.25. The number of allylic oxidation sites excluding steroid dienone is 3. The number of carbonyl (C=O) groups is 1. The number of ketones is 1. The van der Waals surface area contributed by atoms with Crippen LogP contribution in [0.3, 0.4) is 0 Å². The summed E-state index contributed by atoms with van der Waals surface area (Å²) in [6.45, 7) is 8.45. The number of benzene rings is 2. The van der Waals surface area contributed by atoms with E-state index in [1.54, 1.807) is 6.08 Å². The van der Waals surface area contributed by atoms with Gasteiger partial charge in [0.15, 0.2) is 0 Å². The van der Waals surface area contributed by atoms with Crippen LogP contribution in [0.4, 0.5) is 0 Å². The van der Waals surface area contributed by atoms with Crippen LogP contribution in [0.1, 0.15) is 38.3 Å². The van der Waals surface area contributed by atoms with Gasteiger partial charge in [-0.15, -0.1) is 0 Å². The van der Waals surface area contributed by atoms with E-state index in [2.05, 4.69) is 49.9 Å². The van der Waals surface area contributed by atoms with Gasteiger partial charge in [0.1, 0.15) is 0 Å². The summed E-state index contributed by atoms with van der Waals surface area (Å²) in [5.41, 5.74) is 5.97. The summed E-state index contributed by atoms with van der Waals surface area (Å²) in [5.74, 6) is 0.0382. The van der Waals surface area contributed by atoms with E-state index >= 15 is 0 Å². The first-order valence-electron chi connectivity index (χ1n) is 9.41. The van der Waals surface area contributed by atoms with E-state index in [1.807, 2.05) is 60.2 Å². The van der Waals surface area contributed by atoms with Crippen LogP contribution in [0.2, 0.25) is 0 Å². The van der Waals surface area contributed by atoms with Gasteiger partial charge in [-0.05, 0) is 48.7 Å². The van der Waals surface area contributed by atoms with Crippen molar-refractivity contribution in [2.75, 3.05) is 0 Å². The summed E-state index contributed by atoms with van der Waals surface area (Å²) >= 11 is 0. The highest BCUT2D eigenvalue weighted by atomic mass is 16.1. The first-order chi connectivity index (χ1) is 13.6. The molecule has 0 fully saturated rings. The second kappa shape index (κ2) is 9.01. The molecule has 0 spiro atoms. The lowest BCUT2D eigenvalue weighted by atomic mass is 10.0. The summed E-state index contributed by atoms with van der Waals surface area (Å²) in [6, 6.07) is 18.0. The van der Waals surface area contributed by atoms with Crippen molar-refractivity contribution in [2.45, 2.75) is 20.4 Å². The van der Waals surface area contributed by atoms with E-state index in [-0.39, 0.29) is 5.78 Å². The molecule has 0 N–H and O–H groups in total. The van der Waals surface area contributed by atoms with E-state index in [4.69, 9.17) is 0 Å². The van der Waals surface area contributed by atoms with Crippen molar-refractivity contribution >= 4 is 17.9 Å². The Labute approximate surface area is 167 Å². The quantitative estimate of drug-likeness (QED) is 0.357. The number of hydrogen-bond acceptors (Lipinski definition) is 1. The van der Waals surface area contributed by atoms with Gasteiger partial charge in [-0.25, -0.2) is 0 Å². The summed E-state index contributed by atoms with van der Waals surface area (Å²) in [5, 5.41) is 0. The molecule has 3 aromatic rings. The van der Waals surface area contributed by atoms with Crippen LogP contribution in [-0.4, -0.2) is 10.4 Å². The normalized spacial score (nSPS) is 11.4. The van der Waals surface area contributed by atoms with E-state index in [9.17, 15) is 4.79 Å². The van der Waals surface area contributed by atoms with Gasteiger partial charge in [0, 0.05) is 18.3 Å². The number of aryl methyl sites for hydroxylation is 2. The van der Waals surface area contributed by atoms with Gasteiger partial charge in [-0.3, -0.25) is 4.79 Å². The maximum atomic E-state index is 13.0. The van der Waals surface area contributed by atoms with Crippen molar-refractivity contribution in [1.82, 2.24) is 4.57 Å². The van der Waals surface area contributed by atoms with E-state index in [0.29, 0.717) is 17.8 Å².